The minimum Gasteiger partial charge on any atom is -0.478 e. The number of ether oxygens (including phenoxy) is 1. The Labute approximate surface area is 117 Å². The fourth-order valence-electron chi connectivity index (χ4n) is 1.91. The molecular weight excluding hydrogens is 258 g/mol. The van der Waals surface area contributed by atoms with Gasteiger partial charge in [0.1, 0.15) is 12.0 Å². The lowest BCUT2D eigenvalue weighted by molar-refractivity contribution is 0.0696. The molecule has 2 aromatic rings. The first-order chi connectivity index (χ1) is 9.69. The molecule has 0 aliphatic rings. The van der Waals surface area contributed by atoms with Crippen LogP contribution in [0.1, 0.15) is 27.2 Å². The standard InChI is InChI=1S/C15H17NO4/c1-19-9-12-4-2-3-11(5-12)7-16-8-14-6-13(10-20-14)15(17)18/h2-6,10,16H,7-9H2,1H3,(H,17,18). The molecule has 0 radical (unpaired) electrons. The molecule has 0 fully saturated rings. The highest BCUT2D eigenvalue weighted by molar-refractivity contribution is 5.87. The van der Waals surface area contributed by atoms with Gasteiger partial charge in [0.15, 0.2) is 0 Å². The lowest BCUT2D eigenvalue weighted by Gasteiger charge is -2.05. The van der Waals surface area contributed by atoms with Crippen LogP contribution in [0.15, 0.2) is 41.0 Å². The molecule has 0 bridgehead atoms. The molecule has 20 heavy (non-hydrogen) atoms. The largest absolute Gasteiger partial charge is 0.478 e. The molecule has 0 spiro atoms. The second-order valence-corrected chi connectivity index (χ2v) is 4.46. The van der Waals surface area contributed by atoms with Gasteiger partial charge in [-0.25, -0.2) is 4.79 Å². The zero-order valence-electron chi connectivity index (χ0n) is 11.3. The molecule has 0 amide bonds. The van der Waals surface area contributed by atoms with Crippen LogP contribution in [0.2, 0.25) is 0 Å². The molecule has 0 aliphatic heterocycles. The Morgan fingerprint density at radius 1 is 1.30 bits per heavy atom. The number of carbonyl (C=O) groups is 1. The van der Waals surface area contributed by atoms with Crippen molar-refractivity contribution in [3.8, 4) is 0 Å². The first-order valence-corrected chi connectivity index (χ1v) is 6.27. The van der Waals surface area contributed by atoms with Crippen molar-refractivity contribution in [1.82, 2.24) is 5.32 Å². The van der Waals surface area contributed by atoms with Gasteiger partial charge in [0, 0.05) is 13.7 Å². The molecule has 106 valence electrons. The molecule has 0 unspecified atom stereocenters. The van der Waals surface area contributed by atoms with E-state index in [1.807, 2.05) is 18.2 Å². The smallest absolute Gasteiger partial charge is 0.338 e. The molecule has 0 saturated carbocycles. The number of aromatic carboxylic acids is 1. The van der Waals surface area contributed by atoms with Gasteiger partial charge < -0.3 is 19.6 Å². The van der Waals surface area contributed by atoms with Gasteiger partial charge in [-0.15, -0.1) is 0 Å². The lowest BCUT2D eigenvalue weighted by Crippen LogP contribution is -2.12. The second kappa shape index (κ2) is 6.88. The minimum absolute atomic E-state index is 0.170. The van der Waals surface area contributed by atoms with Gasteiger partial charge in [0.05, 0.1) is 18.7 Å². The molecular formula is C15H17NO4. The molecule has 1 aromatic carbocycles. The van der Waals surface area contributed by atoms with Gasteiger partial charge in [0.25, 0.3) is 0 Å². The third-order valence-corrected chi connectivity index (χ3v) is 2.83. The number of hydrogen-bond donors (Lipinski definition) is 2. The van der Waals surface area contributed by atoms with Crippen molar-refractivity contribution >= 4 is 5.97 Å². The number of furan rings is 1. The van der Waals surface area contributed by atoms with Crippen LogP contribution < -0.4 is 5.32 Å². The molecule has 0 aliphatic carbocycles. The maximum Gasteiger partial charge on any atom is 0.338 e. The number of carboxylic acids is 1. The highest BCUT2D eigenvalue weighted by Gasteiger charge is 2.07. The van der Waals surface area contributed by atoms with Crippen molar-refractivity contribution in [2.24, 2.45) is 0 Å². The Morgan fingerprint density at radius 2 is 2.10 bits per heavy atom. The number of hydrogen-bond acceptors (Lipinski definition) is 4. The van der Waals surface area contributed by atoms with Crippen LogP contribution in [0.4, 0.5) is 0 Å². The van der Waals surface area contributed by atoms with Gasteiger partial charge in [-0.1, -0.05) is 24.3 Å². The first kappa shape index (κ1) is 14.3. The van der Waals surface area contributed by atoms with Gasteiger partial charge in [-0.2, -0.15) is 0 Å². The number of nitrogens with one attached hydrogen (secondary N) is 1. The van der Waals surface area contributed by atoms with E-state index < -0.39 is 5.97 Å². The van der Waals surface area contributed by atoms with E-state index in [0.717, 1.165) is 11.1 Å². The quantitative estimate of drug-likeness (QED) is 0.812. The average Bonchev–Trinajstić information content (AvgIpc) is 2.89. The summed E-state index contributed by atoms with van der Waals surface area (Å²) < 4.78 is 10.3. The van der Waals surface area contributed by atoms with E-state index in [1.54, 1.807) is 7.11 Å². The van der Waals surface area contributed by atoms with E-state index in [-0.39, 0.29) is 5.56 Å². The number of carboxylic acid groups (broad SMARTS) is 1. The SMILES string of the molecule is COCc1cccc(CNCc2cc(C(=O)O)co2)c1. The van der Waals surface area contributed by atoms with Crippen LogP contribution in [0.5, 0.6) is 0 Å². The predicted octanol–water partition coefficient (Wildman–Crippen LogP) is 2.41. The Morgan fingerprint density at radius 3 is 2.80 bits per heavy atom. The van der Waals surface area contributed by atoms with E-state index in [2.05, 4.69) is 11.4 Å². The van der Waals surface area contributed by atoms with Gasteiger partial charge in [0.2, 0.25) is 0 Å². The van der Waals surface area contributed by atoms with Crippen molar-refractivity contribution < 1.29 is 19.1 Å². The summed E-state index contributed by atoms with van der Waals surface area (Å²) in [6, 6.07) is 9.62. The van der Waals surface area contributed by atoms with Crippen molar-refractivity contribution in [1.29, 1.82) is 0 Å². The summed E-state index contributed by atoms with van der Waals surface area (Å²) in [4.78, 5) is 10.7. The average molecular weight is 275 g/mol. The van der Waals surface area contributed by atoms with Gasteiger partial charge >= 0.3 is 5.97 Å². The number of benzene rings is 1. The topological polar surface area (TPSA) is 71.7 Å². The van der Waals surface area contributed by atoms with Gasteiger partial charge in [-0.3, -0.25) is 0 Å². The lowest BCUT2D eigenvalue weighted by atomic mass is 10.1. The molecule has 2 rings (SSSR count). The van der Waals surface area contributed by atoms with Crippen LogP contribution in [0.3, 0.4) is 0 Å². The highest BCUT2D eigenvalue weighted by atomic mass is 16.5. The summed E-state index contributed by atoms with van der Waals surface area (Å²) in [5, 5.41) is 12.0. The Hall–Kier alpha value is -2.11. The van der Waals surface area contributed by atoms with Crippen LogP contribution in [0.25, 0.3) is 0 Å². The van der Waals surface area contributed by atoms with E-state index in [9.17, 15) is 4.79 Å². The minimum atomic E-state index is -0.979. The number of rotatable bonds is 7. The summed E-state index contributed by atoms with van der Waals surface area (Å²) in [6.07, 6.45) is 1.25. The maximum atomic E-state index is 10.7. The fourth-order valence-corrected chi connectivity index (χ4v) is 1.91. The van der Waals surface area contributed by atoms with Crippen LogP contribution in [-0.2, 0) is 24.4 Å². The van der Waals surface area contributed by atoms with E-state index >= 15 is 0 Å². The van der Waals surface area contributed by atoms with Crippen molar-refractivity contribution in [2.75, 3.05) is 7.11 Å². The molecule has 5 nitrogen and oxygen atoms in total. The summed E-state index contributed by atoms with van der Waals surface area (Å²) in [5.41, 5.74) is 2.44. The highest BCUT2D eigenvalue weighted by Crippen LogP contribution is 2.09. The summed E-state index contributed by atoms with van der Waals surface area (Å²) in [7, 11) is 1.67. The van der Waals surface area contributed by atoms with E-state index in [1.165, 1.54) is 12.3 Å². The zero-order valence-corrected chi connectivity index (χ0v) is 11.3. The molecule has 0 saturated heterocycles. The normalized spacial score (nSPS) is 10.7. The summed E-state index contributed by atoms with van der Waals surface area (Å²) >= 11 is 0. The fraction of sp³-hybridized carbons (Fsp3) is 0.267. The second-order valence-electron chi connectivity index (χ2n) is 4.46. The number of methoxy groups -OCH3 is 1. The van der Waals surface area contributed by atoms with Crippen molar-refractivity contribution in [2.45, 2.75) is 19.7 Å². The van der Waals surface area contributed by atoms with Crippen LogP contribution in [-0.4, -0.2) is 18.2 Å². The molecule has 2 N–H and O–H groups in total. The third-order valence-electron chi connectivity index (χ3n) is 2.83. The third kappa shape index (κ3) is 3.94. The molecule has 5 heteroatoms. The Bertz CT molecular complexity index is 577. The molecule has 0 atom stereocenters. The predicted molar refractivity (Wildman–Crippen MR) is 73.4 cm³/mol. The van der Waals surface area contributed by atoms with E-state index in [0.29, 0.717) is 25.5 Å². The van der Waals surface area contributed by atoms with Crippen LogP contribution >= 0.6 is 0 Å². The summed E-state index contributed by atoms with van der Waals surface area (Å²) in [5.74, 6) is -0.372. The maximum absolute atomic E-state index is 10.7. The van der Waals surface area contributed by atoms with Crippen LogP contribution in [0, 0.1) is 0 Å². The van der Waals surface area contributed by atoms with Crippen molar-refractivity contribution in [3.63, 3.8) is 0 Å². The Kier molecular flexibility index (Phi) is 4.92. The van der Waals surface area contributed by atoms with Gasteiger partial charge in [-0.05, 0) is 17.2 Å². The molecule has 1 aromatic heterocycles. The molecule has 1 heterocycles. The van der Waals surface area contributed by atoms with Crippen molar-refractivity contribution in [3.05, 3.63) is 59.0 Å². The van der Waals surface area contributed by atoms with E-state index in [4.69, 9.17) is 14.3 Å². The summed E-state index contributed by atoms with van der Waals surface area (Å²) in [6.45, 7) is 1.76. The first-order valence-electron chi connectivity index (χ1n) is 6.27. The zero-order chi connectivity index (χ0) is 14.4. The Balaban J connectivity index is 1.85. The monoisotopic (exact) mass is 275 g/mol.